The standard InChI is InChI=1S/C16H29ClN4O2/c1-7-20(10-15(3,4)22)13-12(17)9-18-14(19-13)21(8-2)11-16(5,6)23/h9,22-23H,7-8,10-11H2,1-6H3. The summed E-state index contributed by atoms with van der Waals surface area (Å²) in [5, 5.41) is 20.6. The summed E-state index contributed by atoms with van der Waals surface area (Å²) in [6, 6.07) is 0. The highest BCUT2D eigenvalue weighted by Gasteiger charge is 2.23. The van der Waals surface area contributed by atoms with Crippen LogP contribution in [0.4, 0.5) is 11.8 Å². The minimum Gasteiger partial charge on any atom is -0.389 e. The fraction of sp³-hybridized carbons (Fsp3) is 0.750. The van der Waals surface area contributed by atoms with Crippen LogP contribution in [0.5, 0.6) is 0 Å². The fourth-order valence-corrected chi connectivity index (χ4v) is 2.53. The van der Waals surface area contributed by atoms with Gasteiger partial charge in [0, 0.05) is 26.2 Å². The molecule has 6 nitrogen and oxygen atoms in total. The Labute approximate surface area is 144 Å². The third-order valence-corrected chi connectivity index (χ3v) is 3.48. The van der Waals surface area contributed by atoms with Crippen LogP contribution in [0.3, 0.4) is 0 Å². The first kappa shape index (κ1) is 19.9. The molecule has 0 saturated heterocycles. The molecule has 0 aliphatic rings. The Morgan fingerprint density at radius 1 is 1.00 bits per heavy atom. The van der Waals surface area contributed by atoms with Crippen molar-refractivity contribution in [2.24, 2.45) is 0 Å². The monoisotopic (exact) mass is 344 g/mol. The van der Waals surface area contributed by atoms with Crippen molar-refractivity contribution in [1.29, 1.82) is 0 Å². The summed E-state index contributed by atoms with van der Waals surface area (Å²) in [4.78, 5) is 12.7. The topological polar surface area (TPSA) is 72.7 Å². The van der Waals surface area contributed by atoms with Crippen molar-refractivity contribution in [1.82, 2.24) is 9.97 Å². The Hall–Kier alpha value is -1.11. The summed E-state index contributed by atoms with van der Waals surface area (Å²) < 4.78 is 0. The Balaban J connectivity index is 3.15. The van der Waals surface area contributed by atoms with Gasteiger partial charge in [0.15, 0.2) is 5.82 Å². The van der Waals surface area contributed by atoms with Crippen LogP contribution in [0.1, 0.15) is 41.5 Å². The van der Waals surface area contributed by atoms with E-state index in [1.807, 2.05) is 23.6 Å². The molecule has 0 bridgehead atoms. The summed E-state index contributed by atoms with van der Waals surface area (Å²) in [5.41, 5.74) is -1.71. The molecule has 132 valence electrons. The first-order valence-corrected chi connectivity index (χ1v) is 8.32. The molecule has 0 saturated carbocycles. The summed E-state index contributed by atoms with van der Waals surface area (Å²) in [6.07, 6.45) is 1.57. The molecule has 0 aromatic carbocycles. The first-order valence-electron chi connectivity index (χ1n) is 7.94. The van der Waals surface area contributed by atoms with Crippen molar-refractivity contribution in [3.05, 3.63) is 11.2 Å². The number of hydrogen-bond donors (Lipinski definition) is 2. The molecule has 1 rings (SSSR count). The summed E-state index contributed by atoms with van der Waals surface area (Å²) in [7, 11) is 0. The highest BCUT2D eigenvalue weighted by molar-refractivity contribution is 6.32. The van der Waals surface area contributed by atoms with Crippen molar-refractivity contribution in [3.8, 4) is 0 Å². The molecule has 1 heterocycles. The molecule has 2 N–H and O–H groups in total. The van der Waals surface area contributed by atoms with E-state index in [1.165, 1.54) is 0 Å². The first-order chi connectivity index (χ1) is 10.5. The molecular formula is C16H29ClN4O2. The normalized spacial score (nSPS) is 12.4. The average Bonchev–Trinajstić information content (AvgIpc) is 2.41. The van der Waals surface area contributed by atoms with Crippen LogP contribution in [0, 0.1) is 0 Å². The van der Waals surface area contributed by atoms with Crippen LogP contribution in [0.2, 0.25) is 5.02 Å². The van der Waals surface area contributed by atoms with E-state index >= 15 is 0 Å². The van der Waals surface area contributed by atoms with Gasteiger partial charge in [-0.15, -0.1) is 0 Å². The third kappa shape index (κ3) is 6.49. The number of hydrogen-bond acceptors (Lipinski definition) is 6. The fourth-order valence-electron chi connectivity index (χ4n) is 2.32. The van der Waals surface area contributed by atoms with E-state index in [1.54, 1.807) is 33.9 Å². The van der Waals surface area contributed by atoms with Gasteiger partial charge in [0.05, 0.1) is 17.4 Å². The average molecular weight is 345 g/mol. The summed E-state index contributed by atoms with van der Waals surface area (Å²) in [6.45, 7) is 13.1. The van der Waals surface area contributed by atoms with E-state index in [-0.39, 0.29) is 0 Å². The van der Waals surface area contributed by atoms with Crippen LogP contribution >= 0.6 is 11.6 Å². The maximum absolute atomic E-state index is 10.1. The Morgan fingerprint density at radius 2 is 1.48 bits per heavy atom. The predicted molar refractivity (Wildman–Crippen MR) is 95.4 cm³/mol. The Kier molecular flexibility index (Phi) is 6.62. The van der Waals surface area contributed by atoms with Gasteiger partial charge >= 0.3 is 0 Å². The second-order valence-corrected chi connectivity index (χ2v) is 7.40. The van der Waals surface area contributed by atoms with Crippen molar-refractivity contribution in [2.45, 2.75) is 52.7 Å². The van der Waals surface area contributed by atoms with Crippen molar-refractivity contribution < 1.29 is 10.2 Å². The molecule has 0 atom stereocenters. The molecule has 7 heteroatoms. The molecule has 1 aromatic rings. The maximum Gasteiger partial charge on any atom is 0.227 e. The molecule has 1 aromatic heterocycles. The SMILES string of the molecule is CCN(CC(C)(C)O)c1ncc(Cl)c(N(CC)CC(C)(C)O)n1. The minimum atomic E-state index is -0.859. The number of aromatic nitrogens is 2. The molecule has 0 aliphatic carbocycles. The quantitative estimate of drug-likeness (QED) is 0.754. The molecule has 0 spiro atoms. The highest BCUT2D eigenvalue weighted by atomic mass is 35.5. The number of halogens is 1. The van der Waals surface area contributed by atoms with Gasteiger partial charge in [-0.25, -0.2) is 4.98 Å². The Bertz CT molecular complexity index is 512. The van der Waals surface area contributed by atoms with Gasteiger partial charge in [-0.1, -0.05) is 11.6 Å². The van der Waals surface area contributed by atoms with Crippen LogP contribution in [-0.2, 0) is 0 Å². The lowest BCUT2D eigenvalue weighted by Gasteiger charge is -2.31. The number of rotatable bonds is 8. The van der Waals surface area contributed by atoms with E-state index in [0.717, 1.165) is 0 Å². The molecule has 23 heavy (non-hydrogen) atoms. The van der Waals surface area contributed by atoms with Gasteiger partial charge in [0.1, 0.15) is 5.02 Å². The summed E-state index contributed by atoms with van der Waals surface area (Å²) >= 11 is 6.26. The van der Waals surface area contributed by atoms with E-state index in [2.05, 4.69) is 9.97 Å². The summed E-state index contributed by atoms with van der Waals surface area (Å²) in [5.74, 6) is 1.11. The van der Waals surface area contributed by atoms with Gasteiger partial charge in [-0.2, -0.15) is 4.98 Å². The number of aliphatic hydroxyl groups is 2. The lowest BCUT2D eigenvalue weighted by Crippen LogP contribution is -2.41. The minimum absolute atomic E-state index is 0.414. The predicted octanol–water partition coefficient (Wildman–Crippen LogP) is 2.32. The lowest BCUT2D eigenvalue weighted by atomic mass is 10.1. The smallest absolute Gasteiger partial charge is 0.227 e. The van der Waals surface area contributed by atoms with E-state index in [4.69, 9.17) is 11.6 Å². The Morgan fingerprint density at radius 3 is 1.91 bits per heavy atom. The zero-order valence-electron chi connectivity index (χ0n) is 15.0. The molecule has 0 fully saturated rings. The number of likely N-dealkylation sites (N-methyl/N-ethyl adjacent to an activating group) is 2. The van der Waals surface area contributed by atoms with Crippen LogP contribution in [0.15, 0.2) is 6.20 Å². The second-order valence-electron chi connectivity index (χ2n) is 6.99. The molecule has 0 unspecified atom stereocenters. The van der Waals surface area contributed by atoms with Gasteiger partial charge in [-0.3, -0.25) is 0 Å². The molecule has 0 amide bonds. The van der Waals surface area contributed by atoms with Crippen molar-refractivity contribution >= 4 is 23.4 Å². The van der Waals surface area contributed by atoms with Gasteiger partial charge in [0.2, 0.25) is 5.95 Å². The maximum atomic E-state index is 10.1. The highest BCUT2D eigenvalue weighted by Crippen LogP contribution is 2.26. The van der Waals surface area contributed by atoms with E-state index < -0.39 is 11.2 Å². The van der Waals surface area contributed by atoms with Gasteiger partial charge < -0.3 is 20.0 Å². The zero-order valence-corrected chi connectivity index (χ0v) is 15.7. The van der Waals surface area contributed by atoms with Crippen LogP contribution in [-0.4, -0.2) is 57.6 Å². The molecular weight excluding hydrogens is 316 g/mol. The van der Waals surface area contributed by atoms with E-state index in [0.29, 0.717) is 43.0 Å². The largest absolute Gasteiger partial charge is 0.389 e. The number of anilines is 2. The van der Waals surface area contributed by atoms with E-state index in [9.17, 15) is 10.2 Å². The zero-order chi connectivity index (χ0) is 17.8. The third-order valence-electron chi connectivity index (χ3n) is 3.21. The van der Waals surface area contributed by atoms with Crippen molar-refractivity contribution in [2.75, 3.05) is 36.0 Å². The lowest BCUT2D eigenvalue weighted by molar-refractivity contribution is 0.0871. The van der Waals surface area contributed by atoms with Crippen molar-refractivity contribution in [3.63, 3.8) is 0 Å². The number of nitrogens with zero attached hydrogens (tertiary/aromatic N) is 4. The van der Waals surface area contributed by atoms with Crippen LogP contribution in [0.25, 0.3) is 0 Å². The second kappa shape index (κ2) is 7.64. The molecule has 0 radical (unpaired) electrons. The van der Waals surface area contributed by atoms with Gasteiger partial charge in [-0.05, 0) is 41.5 Å². The molecule has 0 aliphatic heterocycles. The van der Waals surface area contributed by atoms with Gasteiger partial charge in [0.25, 0.3) is 0 Å². The van der Waals surface area contributed by atoms with Crippen LogP contribution < -0.4 is 9.80 Å².